The minimum absolute atomic E-state index is 0.0842. The highest BCUT2D eigenvalue weighted by Crippen LogP contribution is 2.14. The van der Waals surface area contributed by atoms with Gasteiger partial charge in [-0.3, -0.25) is 4.99 Å². The summed E-state index contributed by atoms with van der Waals surface area (Å²) in [7, 11) is 2.99. The molecule has 1 heterocycles. The van der Waals surface area contributed by atoms with E-state index in [1.54, 1.807) is 7.05 Å². The molecule has 0 spiro atoms. The zero-order chi connectivity index (χ0) is 16.7. The van der Waals surface area contributed by atoms with Crippen molar-refractivity contribution in [2.45, 2.75) is 13.1 Å². The molecule has 0 saturated heterocycles. The molecule has 0 bridgehead atoms. The third-order valence-corrected chi connectivity index (χ3v) is 3.09. The van der Waals surface area contributed by atoms with E-state index in [2.05, 4.69) is 25.6 Å². The molecule has 0 radical (unpaired) electrons. The minimum Gasteiger partial charge on any atom is -0.479 e. The lowest BCUT2D eigenvalue weighted by molar-refractivity contribution is 0.368. The number of halogens is 1. The summed E-state index contributed by atoms with van der Waals surface area (Å²) >= 11 is 0. The van der Waals surface area contributed by atoms with Gasteiger partial charge in [-0.2, -0.15) is 9.37 Å². The van der Waals surface area contributed by atoms with Crippen LogP contribution in [0.25, 0.3) is 0 Å². The SMILES string of the molecule is CN=C(N)NCc1ccc(CNc2ncc(F)c(OC)n2)cc1. The molecule has 0 unspecified atom stereocenters. The van der Waals surface area contributed by atoms with Crippen LogP contribution in [0.5, 0.6) is 5.88 Å². The first-order valence-corrected chi connectivity index (χ1v) is 6.96. The number of aliphatic imine (C=N–C) groups is 1. The topological polar surface area (TPSA) is 97.5 Å². The fourth-order valence-corrected chi connectivity index (χ4v) is 1.81. The van der Waals surface area contributed by atoms with E-state index in [9.17, 15) is 4.39 Å². The molecule has 0 aliphatic rings. The van der Waals surface area contributed by atoms with Gasteiger partial charge in [0, 0.05) is 20.1 Å². The Morgan fingerprint density at radius 2 is 1.91 bits per heavy atom. The number of methoxy groups -OCH3 is 1. The fourth-order valence-electron chi connectivity index (χ4n) is 1.81. The maximum atomic E-state index is 13.2. The number of nitrogens with one attached hydrogen (secondary N) is 2. The van der Waals surface area contributed by atoms with E-state index in [0.717, 1.165) is 17.3 Å². The Hall–Kier alpha value is -2.90. The first kappa shape index (κ1) is 16.5. The largest absolute Gasteiger partial charge is 0.479 e. The van der Waals surface area contributed by atoms with Gasteiger partial charge in [-0.1, -0.05) is 24.3 Å². The molecule has 8 heteroatoms. The first-order chi connectivity index (χ1) is 11.1. The molecule has 0 amide bonds. The molecule has 1 aromatic carbocycles. The lowest BCUT2D eigenvalue weighted by Gasteiger charge is -2.08. The van der Waals surface area contributed by atoms with Crippen LogP contribution in [0.3, 0.4) is 0 Å². The van der Waals surface area contributed by atoms with Crippen LogP contribution in [0.1, 0.15) is 11.1 Å². The normalized spacial score (nSPS) is 11.2. The van der Waals surface area contributed by atoms with Gasteiger partial charge in [0.05, 0.1) is 13.3 Å². The summed E-state index contributed by atoms with van der Waals surface area (Å²) in [6, 6.07) is 7.92. The molecule has 2 rings (SSSR count). The third kappa shape index (κ3) is 4.80. The van der Waals surface area contributed by atoms with Gasteiger partial charge >= 0.3 is 0 Å². The first-order valence-electron chi connectivity index (χ1n) is 6.96. The second-order valence-corrected chi connectivity index (χ2v) is 4.68. The van der Waals surface area contributed by atoms with E-state index in [4.69, 9.17) is 10.5 Å². The molecule has 1 aromatic heterocycles. The van der Waals surface area contributed by atoms with Gasteiger partial charge in [-0.15, -0.1) is 0 Å². The van der Waals surface area contributed by atoms with E-state index in [1.165, 1.54) is 7.11 Å². The van der Waals surface area contributed by atoms with E-state index in [-0.39, 0.29) is 5.88 Å². The summed E-state index contributed by atoms with van der Waals surface area (Å²) in [6.07, 6.45) is 1.07. The van der Waals surface area contributed by atoms with Gasteiger partial charge < -0.3 is 21.1 Å². The molecule has 2 aromatic rings. The predicted octanol–water partition coefficient (Wildman–Crippen LogP) is 1.27. The molecule has 0 fully saturated rings. The Labute approximate surface area is 133 Å². The van der Waals surface area contributed by atoms with Crippen LogP contribution in [0.15, 0.2) is 35.5 Å². The number of rotatable bonds is 6. The van der Waals surface area contributed by atoms with Crippen molar-refractivity contribution in [1.82, 2.24) is 15.3 Å². The van der Waals surface area contributed by atoms with Crippen molar-refractivity contribution in [2.24, 2.45) is 10.7 Å². The Kier molecular flexibility index (Phi) is 5.67. The highest BCUT2D eigenvalue weighted by molar-refractivity contribution is 5.77. The van der Waals surface area contributed by atoms with Crippen molar-refractivity contribution < 1.29 is 9.13 Å². The van der Waals surface area contributed by atoms with Gasteiger partial charge in [0.1, 0.15) is 0 Å². The maximum absolute atomic E-state index is 13.2. The standard InChI is InChI=1S/C15H19FN6O/c1-18-14(17)19-7-10-3-5-11(6-4-10)8-20-15-21-9-12(16)13(22-15)23-2/h3-6,9H,7-8H2,1-2H3,(H3,17,18,19)(H,20,21,22). The molecular formula is C15H19FN6O. The molecule has 0 aliphatic carbocycles. The number of anilines is 1. The van der Waals surface area contributed by atoms with Gasteiger partial charge in [-0.05, 0) is 11.1 Å². The molecule has 122 valence electrons. The number of nitrogens with two attached hydrogens (primary N) is 1. The van der Waals surface area contributed by atoms with Crippen molar-refractivity contribution in [2.75, 3.05) is 19.5 Å². The Balaban J connectivity index is 1.91. The van der Waals surface area contributed by atoms with Gasteiger partial charge in [0.25, 0.3) is 5.88 Å². The number of hydrogen-bond acceptors (Lipinski definition) is 5. The van der Waals surface area contributed by atoms with Crippen molar-refractivity contribution in [3.8, 4) is 5.88 Å². The maximum Gasteiger partial charge on any atom is 0.255 e. The van der Waals surface area contributed by atoms with Gasteiger partial charge in [-0.25, -0.2) is 4.98 Å². The number of benzene rings is 1. The fraction of sp³-hybridized carbons (Fsp3) is 0.267. The molecule has 0 atom stereocenters. The van der Waals surface area contributed by atoms with Crippen LogP contribution in [-0.4, -0.2) is 30.1 Å². The van der Waals surface area contributed by atoms with Crippen LogP contribution < -0.4 is 21.1 Å². The molecule has 0 aliphatic heterocycles. The van der Waals surface area contributed by atoms with Crippen LogP contribution in [0, 0.1) is 5.82 Å². The number of aromatic nitrogens is 2. The molecular weight excluding hydrogens is 299 g/mol. The summed E-state index contributed by atoms with van der Waals surface area (Å²) in [4.78, 5) is 11.6. The van der Waals surface area contributed by atoms with Crippen LogP contribution in [0.2, 0.25) is 0 Å². The average Bonchev–Trinajstić information content (AvgIpc) is 2.59. The van der Waals surface area contributed by atoms with E-state index in [0.29, 0.717) is 25.0 Å². The van der Waals surface area contributed by atoms with Gasteiger partial charge in [0.2, 0.25) is 11.8 Å². The zero-order valence-electron chi connectivity index (χ0n) is 13.0. The van der Waals surface area contributed by atoms with E-state index in [1.807, 2.05) is 24.3 Å². The summed E-state index contributed by atoms with van der Waals surface area (Å²) in [5.74, 6) is 0.0305. The lowest BCUT2D eigenvalue weighted by Crippen LogP contribution is -2.30. The van der Waals surface area contributed by atoms with Crippen molar-refractivity contribution in [1.29, 1.82) is 0 Å². The third-order valence-electron chi connectivity index (χ3n) is 3.09. The van der Waals surface area contributed by atoms with Crippen molar-refractivity contribution in [3.63, 3.8) is 0 Å². The molecule has 4 N–H and O–H groups in total. The Morgan fingerprint density at radius 3 is 2.52 bits per heavy atom. The van der Waals surface area contributed by atoms with Crippen LogP contribution in [0.4, 0.5) is 10.3 Å². The number of guanidine groups is 1. The number of ether oxygens (including phenoxy) is 1. The number of nitrogens with zero attached hydrogens (tertiary/aromatic N) is 3. The summed E-state index contributed by atoms with van der Waals surface area (Å²) in [5, 5.41) is 6.00. The highest BCUT2D eigenvalue weighted by atomic mass is 19.1. The summed E-state index contributed by atoms with van der Waals surface area (Å²) in [5.41, 5.74) is 7.70. The smallest absolute Gasteiger partial charge is 0.255 e. The Bertz CT molecular complexity index is 674. The van der Waals surface area contributed by atoms with Crippen LogP contribution in [-0.2, 0) is 13.1 Å². The van der Waals surface area contributed by atoms with E-state index < -0.39 is 5.82 Å². The quantitative estimate of drug-likeness (QED) is 0.548. The van der Waals surface area contributed by atoms with Crippen molar-refractivity contribution >= 4 is 11.9 Å². The summed E-state index contributed by atoms with van der Waals surface area (Å²) < 4.78 is 18.0. The van der Waals surface area contributed by atoms with E-state index >= 15 is 0 Å². The summed E-state index contributed by atoms with van der Waals surface area (Å²) in [6.45, 7) is 1.12. The molecule has 7 nitrogen and oxygen atoms in total. The monoisotopic (exact) mass is 318 g/mol. The predicted molar refractivity (Wildman–Crippen MR) is 86.7 cm³/mol. The molecule has 23 heavy (non-hydrogen) atoms. The lowest BCUT2D eigenvalue weighted by atomic mass is 10.1. The zero-order valence-corrected chi connectivity index (χ0v) is 13.0. The van der Waals surface area contributed by atoms with Gasteiger partial charge in [0.15, 0.2) is 5.96 Å². The minimum atomic E-state index is -0.593. The number of hydrogen-bond donors (Lipinski definition) is 3. The highest BCUT2D eigenvalue weighted by Gasteiger charge is 2.06. The average molecular weight is 318 g/mol. The second-order valence-electron chi connectivity index (χ2n) is 4.68. The Morgan fingerprint density at radius 1 is 1.26 bits per heavy atom. The molecule has 0 saturated carbocycles. The van der Waals surface area contributed by atoms with Crippen LogP contribution >= 0.6 is 0 Å². The second kappa shape index (κ2) is 7.92. The van der Waals surface area contributed by atoms with Crippen molar-refractivity contribution in [3.05, 3.63) is 47.4 Å².